The summed E-state index contributed by atoms with van der Waals surface area (Å²) in [5, 5.41) is 1.82. The van der Waals surface area contributed by atoms with Gasteiger partial charge in [-0.3, -0.25) is 0 Å². The van der Waals surface area contributed by atoms with Crippen LogP contribution in [-0.2, 0) is 27.2 Å². The summed E-state index contributed by atoms with van der Waals surface area (Å²) < 4.78 is 34.0. The SMILES string of the molecule is COCOC(CCOCc1ccccc1)Cc1cc(OC)c2c(OC)cccc2c1OC. The monoisotopic (exact) mass is 440 g/mol. The Morgan fingerprint density at radius 3 is 2.28 bits per heavy atom. The standard InChI is InChI=1S/C26H32O6/c1-27-18-32-21(13-14-31-17-19-9-6-5-7-10-19)15-20-16-24(29-3)25-22(26(20)30-4)11-8-12-23(25)28-2/h5-12,16,21H,13-15,17-18H2,1-4H3. The Labute approximate surface area is 190 Å². The van der Waals surface area contributed by atoms with Crippen molar-refractivity contribution in [1.29, 1.82) is 0 Å². The van der Waals surface area contributed by atoms with Gasteiger partial charge in [0.25, 0.3) is 0 Å². The predicted octanol–water partition coefficient (Wildman–Crippen LogP) is 5.00. The van der Waals surface area contributed by atoms with Crippen molar-refractivity contribution in [2.24, 2.45) is 0 Å². The Bertz CT molecular complexity index is 973. The predicted molar refractivity (Wildman–Crippen MR) is 125 cm³/mol. The smallest absolute Gasteiger partial charge is 0.146 e. The Hall–Kier alpha value is -2.80. The van der Waals surface area contributed by atoms with Crippen molar-refractivity contribution in [1.82, 2.24) is 0 Å². The largest absolute Gasteiger partial charge is 0.496 e. The molecule has 0 spiro atoms. The van der Waals surface area contributed by atoms with E-state index in [1.165, 1.54) is 0 Å². The first-order chi connectivity index (χ1) is 15.7. The molecule has 0 aliphatic heterocycles. The first kappa shape index (κ1) is 23.9. The zero-order valence-corrected chi connectivity index (χ0v) is 19.3. The first-order valence-electron chi connectivity index (χ1n) is 10.6. The third kappa shape index (κ3) is 5.91. The fourth-order valence-corrected chi connectivity index (χ4v) is 3.80. The summed E-state index contributed by atoms with van der Waals surface area (Å²) in [4.78, 5) is 0. The number of rotatable bonds is 13. The zero-order valence-electron chi connectivity index (χ0n) is 19.3. The Balaban J connectivity index is 1.79. The highest BCUT2D eigenvalue weighted by Gasteiger charge is 2.20. The van der Waals surface area contributed by atoms with Crippen molar-refractivity contribution in [2.45, 2.75) is 25.6 Å². The lowest BCUT2D eigenvalue weighted by atomic mass is 9.98. The van der Waals surface area contributed by atoms with E-state index < -0.39 is 0 Å². The highest BCUT2D eigenvalue weighted by molar-refractivity contribution is 5.99. The minimum atomic E-state index is -0.104. The van der Waals surface area contributed by atoms with Crippen molar-refractivity contribution in [3.8, 4) is 17.2 Å². The average Bonchev–Trinajstić information content (AvgIpc) is 2.84. The van der Waals surface area contributed by atoms with Crippen LogP contribution < -0.4 is 14.2 Å². The third-order valence-corrected chi connectivity index (χ3v) is 5.32. The van der Waals surface area contributed by atoms with Crippen LogP contribution in [0.3, 0.4) is 0 Å². The summed E-state index contributed by atoms with van der Waals surface area (Å²) in [5.74, 6) is 2.26. The summed E-state index contributed by atoms with van der Waals surface area (Å²) >= 11 is 0. The van der Waals surface area contributed by atoms with Crippen LogP contribution in [0.2, 0.25) is 0 Å². The van der Waals surface area contributed by atoms with Crippen molar-refractivity contribution in [3.63, 3.8) is 0 Å². The summed E-state index contributed by atoms with van der Waals surface area (Å²) in [6.07, 6.45) is 1.25. The lowest BCUT2D eigenvalue weighted by molar-refractivity contribution is -0.0804. The molecule has 0 bridgehead atoms. The third-order valence-electron chi connectivity index (χ3n) is 5.32. The second kappa shape index (κ2) is 12.3. The molecule has 1 unspecified atom stereocenters. The van der Waals surface area contributed by atoms with Crippen molar-refractivity contribution in [3.05, 3.63) is 65.7 Å². The lowest BCUT2D eigenvalue weighted by Crippen LogP contribution is -2.20. The molecule has 0 heterocycles. The molecule has 0 aliphatic carbocycles. The van der Waals surface area contributed by atoms with Crippen LogP contribution in [0.5, 0.6) is 17.2 Å². The van der Waals surface area contributed by atoms with Gasteiger partial charge in [-0.25, -0.2) is 0 Å². The van der Waals surface area contributed by atoms with E-state index in [0.29, 0.717) is 19.6 Å². The summed E-state index contributed by atoms with van der Waals surface area (Å²) in [6.45, 7) is 1.36. The Morgan fingerprint density at radius 1 is 0.812 bits per heavy atom. The molecule has 32 heavy (non-hydrogen) atoms. The molecule has 0 aliphatic rings. The first-order valence-corrected chi connectivity index (χ1v) is 10.6. The van der Waals surface area contributed by atoms with Gasteiger partial charge < -0.3 is 28.4 Å². The van der Waals surface area contributed by atoms with Gasteiger partial charge in [-0.2, -0.15) is 0 Å². The van der Waals surface area contributed by atoms with E-state index in [2.05, 4.69) is 12.1 Å². The molecule has 3 aromatic carbocycles. The molecule has 3 rings (SSSR count). The van der Waals surface area contributed by atoms with Gasteiger partial charge in [-0.1, -0.05) is 42.5 Å². The molecule has 1 atom stereocenters. The topological polar surface area (TPSA) is 55.4 Å². The van der Waals surface area contributed by atoms with Gasteiger partial charge in [0.15, 0.2) is 0 Å². The number of methoxy groups -OCH3 is 4. The van der Waals surface area contributed by atoms with Crippen LogP contribution in [0.25, 0.3) is 10.8 Å². The molecule has 0 fully saturated rings. The van der Waals surface area contributed by atoms with E-state index in [1.807, 2.05) is 42.5 Å². The average molecular weight is 441 g/mol. The number of hydrogen-bond donors (Lipinski definition) is 0. The number of ether oxygens (including phenoxy) is 6. The van der Waals surface area contributed by atoms with Crippen molar-refractivity contribution >= 4 is 10.8 Å². The summed E-state index contributed by atoms with van der Waals surface area (Å²) in [6, 6.07) is 18.0. The molecule has 172 valence electrons. The minimum absolute atomic E-state index is 0.104. The molecular formula is C26H32O6. The van der Waals surface area contributed by atoms with Crippen LogP contribution >= 0.6 is 0 Å². The van der Waals surface area contributed by atoms with E-state index in [1.54, 1.807) is 28.4 Å². The molecule has 3 aromatic rings. The number of fused-ring (bicyclic) bond motifs is 1. The quantitative estimate of drug-likeness (QED) is 0.275. The van der Waals surface area contributed by atoms with Gasteiger partial charge >= 0.3 is 0 Å². The number of hydrogen-bond acceptors (Lipinski definition) is 6. The molecule has 0 saturated heterocycles. The Morgan fingerprint density at radius 2 is 1.59 bits per heavy atom. The maximum absolute atomic E-state index is 5.95. The molecule has 6 heteroatoms. The Kier molecular flexibility index (Phi) is 9.16. The molecule has 0 aromatic heterocycles. The van der Waals surface area contributed by atoms with E-state index in [-0.39, 0.29) is 12.9 Å². The lowest BCUT2D eigenvalue weighted by Gasteiger charge is -2.21. The maximum atomic E-state index is 5.95. The molecule has 0 N–H and O–H groups in total. The molecule has 0 radical (unpaired) electrons. The van der Waals surface area contributed by atoms with Gasteiger partial charge in [-0.15, -0.1) is 0 Å². The van der Waals surface area contributed by atoms with E-state index in [4.69, 9.17) is 28.4 Å². The normalized spacial score (nSPS) is 12.0. The van der Waals surface area contributed by atoms with Crippen LogP contribution in [0.4, 0.5) is 0 Å². The van der Waals surface area contributed by atoms with E-state index >= 15 is 0 Å². The van der Waals surface area contributed by atoms with Gasteiger partial charge in [0, 0.05) is 31.1 Å². The fraction of sp³-hybridized carbons (Fsp3) is 0.385. The van der Waals surface area contributed by atoms with Crippen LogP contribution in [0, 0.1) is 0 Å². The van der Waals surface area contributed by atoms with Crippen molar-refractivity contribution in [2.75, 3.05) is 41.8 Å². The highest BCUT2D eigenvalue weighted by Crippen LogP contribution is 2.42. The van der Waals surface area contributed by atoms with Crippen LogP contribution in [0.15, 0.2) is 54.6 Å². The fourth-order valence-electron chi connectivity index (χ4n) is 3.80. The molecule has 0 amide bonds. The highest BCUT2D eigenvalue weighted by atomic mass is 16.7. The van der Waals surface area contributed by atoms with Crippen LogP contribution in [0.1, 0.15) is 17.5 Å². The summed E-state index contributed by atoms with van der Waals surface area (Å²) in [5.41, 5.74) is 2.14. The van der Waals surface area contributed by atoms with Crippen LogP contribution in [-0.4, -0.2) is 47.9 Å². The summed E-state index contributed by atoms with van der Waals surface area (Å²) in [7, 11) is 6.61. The van der Waals surface area contributed by atoms with Gasteiger partial charge in [0.1, 0.15) is 24.0 Å². The van der Waals surface area contributed by atoms with Crippen molar-refractivity contribution < 1.29 is 28.4 Å². The minimum Gasteiger partial charge on any atom is -0.496 e. The van der Waals surface area contributed by atoms with Gasteiger partial charge in [0.2, 0.25) is 0 Å². The maximum Gasteiger partial charge on any atom is 0.146 e. The number of benzene rings is 3. The molecule has 0 saturated carbocycles. The molecule has 6 nitrogen and oxygen atoms in total. The van der Waals surface area contributed by atoms with E-state index in [0.717, 1.165) is 45.6 Å². The van der Waals surface area contributed by atoms with Gasteiger partial charge in [-0.05, 0) is 24.1 Å². The molecular weight excluding hydrogens is 408 g/mol. The second-order valence-corrected chi connectivity index (χ2v) is 7.38. The van der Waals surface area contributed by atoms with Gasteiger partial charge in [0.05, 0.1) is 39.4 Å². The zero-order chi connectivity index (χ0) is 22.8. The van der Waals surface area contributed by atoms with E-state index in [9.17, 15) is 0 Å². The second-order valence-electron chi connectivity index (χ2n) is 7.38.